The topological polar surface area (TPSA) is 38.7 Å². The smallest absolute Gasteiger partial charge is 0.261 e. The van der Waals surface area contributed by atoms with Gasteiger partial charge in [-0.25, -0.2) is 9.97 Å². The van der Waals surface area contributed by atoms with Crippen molar-refractivity contribution in [2.75, 3.05) is 0 Å². The fraction of sp³-hybridized carbons (Fsp3) is 0.250. The van der Waals surface area contributed by atoms with E-state index in [9.17, 15) is 13.2 Å². The van der Waals surface area contributed by atoms with Crippen LogP contribution in [0.4, 0.5) is 13.2 Å². The molecule has 0 aliphatic rings. The molecule has 3 nitrogen and oxygen atoms in total. The van der Waals surface area contributed by atoms with Crippen LogP contribution in [0.25, 0.3) is 0 Å². The van der Waals surface area contributed by atoms with Gasteiger partial charge in [0.25, 0.3) is 0 Å². The molecule has 2 aromatic heterocycles. The van der Waals surface area contributed by atoms with Crippen LogP contribution in [0.1, 0.15) is 22.8 Å². The number of aromatic nitrogens is 3. The first-order valence-electron chi connectivity index (χ1n) is 5.38. The van der Waals surface area contributed by atoms with Crippen LogP contribution in [-0.2, 0) is 18.5 Å². The standard InChI is InChI=1S/C12H9ClF3N3/c13-6-8-7-18-10(19-11(8)12(14,15)16)5-9-3-1-2-4-17-9/h1-4,7H,5-6H2. The van der Waals surface area contributed by atoms with Crippen molar-refractivity contribution in [3.8, 4) is 0 Å². The van der Waals surface area contributed by atoms with E-state index in [1.807, 2.05) is 0 Å². The van der Waals surface area contributed by atoms with Crippen LogP contribution in [0.3, 0.4) is 0 Å². The maximum absolute atomic E-state index is 12.8. The minimum Gasteiger partial charge on any atom is -0.261 e. The zero-order chi connectivity index (χ0) is 13.9. The van der Waals surface area contributed by atoms with E-state index in [-0.39, 0.29) is 23.7 Å². The van der Waals surface area contributed by atoms with Gasteiger partial charge in [-0.15, -0.1) is 11.6 Å². The highest BCUT2D eigenvalue weighted by molar-refractivity contribution is 6.17. The van der Waals surface area contributed by atoms with Crippen LogP contribution in [0.15, 0.2) is 30.6 Å². The highest BCUT2D eigenvalue weighted by Crippen LogP contribution is 2.30. The maximum Gasteiger partial charge on any atom is 0.433 e. The molecule has 0 aliphatic heterocycles. The van der Waals surface area contributed by atoms with Gasteiger partial charge in [0.05, 0.1) is 12.3 Å². The Hall–Kier alpha value is -1.69. The van der Waals surface area contributed by atoms with Gasteiger partial charge in [-0.1, -0.05) is 6.07 Å². The second-order valence-electron chi connectivity index (χ2n) is 3.79. The van der Waals surface area contributed by atoms with Crippen LogP contribution < -0.4 is 0 Å². The van der Waals surface area contributed by atoms with Gasteiger partial charge in [0.15, 0.2) is 5.69 Å². The van der Waals surface area contributed by atoms with Crippen LogP contribution in [0, 0.1) is 0 Å². The second-order valence-corrected chi connectivity index (χ2v) is 4.06. The molecule has 2 heterocycles. The van der Waals surface area contributed by atoms with E-state index in [0.717, 1.165) is 6.20 Å². The molecule has 0 aliphatic carbocycles. The summed E-state index contributed by atoms with van der Waals surface area (Å²) in [5.74, 6) is -0.210. The van der Waals surface area contributed by atoms with E-state index in [0.29, 0.717) is 5.69 Å². The van der Waals surface area contributed by atoms with Crippen LogP contribution in [-0.4, -0.2) is 15.0 Å². The van der Waals surface area contributed by atoms with Crippen molar-refractivity contribution >= 4 is 11.6 Å². The van der Waals surface area contributed by atoms with Gasteiger partial charge in [-0.3, -0.25) is 4.98 Å². The molecule has 0 unspecified atom stereocenters. The summed E-state index contributed by atoms with van der Waals surface area (Å²) in [6.07, 6.45) is -1.72. The number of nitrogens with zero attached hydrogens (tertiary/aromatic N) is 3. The SMILES string of the molecule is FC(F)(F)c1nc(Cc2ccccn2)ncc1CCl. The lowest BCUT2D eigenvalue weighted by atomic mass is 10.2. The largest absolute Gasteiger partial charge is 0.433 e. The lowest BCUT2D eigenvalue weighted by molar-refractivity contribution is -0.141. The predicted molar refractivity (Wildman–Crippen MR) is 63.6 cm³/mol. The van der Waals surface area contributed by atoms with E-state index >= 15 is 0 Å². The number of halogens is 4. The van der Waals surface area contributed by atoms with E-state index in [1.54, 1.807) is 24.4 Å². The van der Waals surface area contributed by atoms with Crippen molar-refractivity contribution in [1.29, 1.82) is 0 Å². The number of rotatable bonds is 3. The Kier molecular flexibility index (Phi) is 3.99. The Morgan fingerprint density at radius 1 is 1.16 bits per heavy atom. The first kappa shape index (κ1) is 13.7. The molecule has 0 saturated heterocycles. The minimum absolute atomic E-state index is 0.0693. The van der Waals surface area contributed by atoms with Gasteiger partial charge >= 0.3 is 6.18 Å². The average Bonchev–Trinajstić information content (AvgIpc) is 2.39. The van der Waals surface area contributed by atoms with Crippen molar-refractivity contribution in [3.63, 3.8) is 0 Å². The summed E-state index contributed by atoms with van der Waals surface area (Å²) in [6, 6.07) is 5.17. The molecule has 0 atom stereocenters. The molecular formula is C12H9ClF3N3. The molecule has 0 N–H and O–H groups in total. The van der Waals surface area contributed by atoms with E-state index in [4.69, 9.17) is 11.6 Å². The Balaban J connectivity index is 2.33. The van der Waals surface area contributed by atoms with Gasteiger partial charge in [0.2, 0.25) is 0 Å². The summed E-state index contributed by atoms with van der Waals surface area (Å²) < 4.78 is 38.4. The van der Waals surface area contributed by atoms with Gasteiger partial charge in [0.1, 0.15) is 5.82 Å². The quantitative estimate of drug-likeness (QED) is 0.814. The first-order chi connectivity index (χ1) is 9.00. The van der Waals surface area contributed by atoms with Crippen molar-refractivity contribution < 1.29 is 13.2 Å². The average molecular weight is 288 g/mol. The third kappa shape index (κ3) is 3.41. The summed E-state index contributed by atoms with van der Waals surface area (Å²) in [5.41, 5.74) is -0.503. The molecule has 0 saturated carbocycles. The monoisotopic (exact) mass is 287 g/mol. The first-order valence-corrected chi connectivity index (χ1v) is 5.92. The normalized spacial score (nSPS) is 11.6. The molecule has 0 spiro atoms. The Morgan fingerprint density at radius 2 is 1.95 bits per heavy atom. The third-order valence-electron chi connectivity index (χ3n) is 2.39. The fourth-order valence-corrected chi connectivity index (χ4v) is 1.73. The number of pyridine rings is 1. The molecule has 100 valence electrons. The molecule has 0 fully saturated rings. The lowest BCUT2D eigenvalue weighted by Gasteiger charge is -2.11. The molecule has 0 radical (unpaired) electrons. The van der Waals surface area contributed by atoms with Crippen molar-refractivity contribution in [2.24, 2.45) is 0 Å². The van der Waals surface area contributed by atoms with E-state index in [2.05, 4.69) is 15.0 Å². The number of hydrogen-bond donors (Lipinski definition) is 0. The Morgan fingerprint density at radius 3 is 2.53 bits per heavy atom. The molecule has 2 rings (SSSR count). The molecule has 0 aromatic carbocycles. The lowest BCUT2D eigenvalue weighted by Crippen LogP contribution is -2.14. The maximum atomic E-state index is 12.8. The molecule has 2 aromatic rings. The highest BCUT2D eigenvalue weighted by atomic mass is 35.5. The zero-order valence-electron chi connectivity index (χ0n) is 9.65. The summed E-state index contributed by atoms with van der Waals surface area (Å²) in [5, 5.41) is 0. The van der Waals surface area contributed by atoms with E-state index < -0.39 is 11.9 Å². The molecule has 19 heavy (non-hydrogen) atoms. The fourth-order valence-electron chi connectivity index (χ4n) is 1.54. The number of hydrogen-bond acceptors (Lipinski definition) is 3. The summed E-state index contributed by atoms with van der Waals surface area (Å²) in [7, 11) is 0. The van der Waals surface area contributed by atoms with Crippen molar-refractivity contribution in [3.05, 3.63) is 53.4 Å². The molecular weight excluding hydrogens is 279 g/mol. The van der Waals surface area contributed by atoms with Crippen LogP contribution >= 0.6 is 11.6 Å². The van der Waals surface area contributed by atoms with Crippen LogP contribution in [0.5, 0.6) is 0 Å². The zero-order valence-corrected chi connectivity index (χ0v) is 10.4. The minimum atomic E-state index is -4.54. The summed E-state index contributed by atoms with van der Waals surface area (Å²) in [4.78, 5) is 11.5. The van der Waals surface area contributed by atoms with Crippen molar-refractivity contribution in [1.82, 2.24) is 15.0 Å². The Bertz CT molecular complexity index is 558. The summed E-state index contributed by atoms with van der Waals surface area (Å²) in [6.45, 7) is 0. The molecule has 0 amide bonds. The van der Waals surface area contributed by atoms with Gasteiger partial charge < -0.3 is 0 Å². The van der Waals surface area contributed by atoms with Gasteiger partial charge in [-0.05, 0) is 12.1 Å². The summed E-state index contributed by atoms with van der Waals surface area (Å²) >= 11 is 5.46. The van der Waals surface area contributed by atoms with Crippen molar-refractivity contribution in [2.45, 2.75) is 18.5 Å². The Labute approximate surface area is 112 Å². The van der Waals surface area contributed by atoms with Crippen LogP contribution in [0.2, 0.25) is 0 Å². The number of alkyl halides is 4. The van der Waals surface area contributed by atoms with Gasteiger partial charge in [0, 0.05) is 23.7 Å². The predicted octanol–water partition coefficient (Wildman–Crippen LogP) is 3.22. The molecule has 0 bridgehead atoms. The highest BCUT2D eigenvalue weighted by Gasteiger charge is 2.35. The second kappa shape index (κ2) is 5.52. The molecule has 7 heteroatoms. The third-order valence-corrected chi connectivity index (χ3v) is 2.68. The van der Waals surface area contributed by atoms with Gasteiger partial charge in [-0.2, -0.15) is 13.2 Å². The van der Waals surface area contributed by atoms with E-state index in [1.165, 1.54) is 0 Å².